The highest BCUT2D eigenvalue weighted by Crippen LogP contribution is 2.27. The number of nitro benzene ring substituents is 1. The summed E-state index contributed by atoms with van der Waals surface area (Å²) in [6.45, 7) is 0. The molecular weight excluding hydrogens is 311 g/mol. The number of rotatable bonds is 5. The van der Waals surface area contributed by atoms with Gasteiger partial charge >= 0.3 is 0 Å². The zero-order valence-electron chi connectivity index (χ0n) is 11.6. The third-order valence-corrected chi connectivity index (χ3v) is 3.25. The highest BCUT2D eigenvalue weighted by Gasteiger charge is 2.25. The second-order valence-electron chi connectivity index (χ2n) is 4.74. The lowest BCUT2D eigenvalue weighted by Gasteiger charge is -2.19. The zero-order chi connectivity index (χ0) is 15.4. The summed E-state index contributed by atoms with van der Waals surface area (Å²) in [5.74, 6) is -0.627. The molecule has 0 radical (unpaired) electrons. The molecule has 7 heteroatoms. The van der Waals surface area contributed by atoms with Gasteiger partial charge in [-0.1, -0.05) is 30.3 Å². The molecule has 2 rings (SSSR count). The molecule has 2 atom stereocenters. The van der Waals surface area contributed by atoms with Gasteiger partial charge in [0.05, 0.1) is 22.6 Å². The van der Waals surface area contributed by atoms with Crippen molar-refractivity contribution >= 4 is 18.1 Å². The maximum atomic E-state index is 13.3. The van der Waals surface area contributed by atoms with Gasteiger partial charge in [0.2, 0.25) is 0 Å². The van der Waals surface area contributed by atoms with E-state index in [9.17, 15) is 19.6 Å². The molecule has 0 saturated carbocycles. The van der Waals surface area contributed by atoms with Crippen LogP contribution < -0.4 is 5.73 Å². The van der Waals surface area contributed by atoms with Crippen molar-refractivity contribution in [3.8, 4) is 0 Å². The molecule has 0 saturated heterocycles. The minimum absolute atomic E-state index is 0. The maximum absolute atomic E-state index is 13.3. The molecule has 0 aliphatic carbocycles. The van der Waals surface area contributed by atoms with E-state index in [1.807, 2.05) is 30.3 Å². The summed E-state index contributed by atoms with van der Waals surface area (Å²) in [5, 5.41) is 21.1. The van der Waals surface area contributed by atoms with E-state index in [0.29, 0.717) is 0 Å². The van der Waals surface area contributed by atoms with E-state index in [-0.39, 0.29) is 30.1 Å². The largest absolute Gasteiger partial charge is 0.391 e. The third-order valence-electron chi connectivity index (χ3n) is 3.25. The van der Waals surface area contributed by atoms with E-state index >= 15 is 0 Å². The minimum Gasteiger partial charge on any atom is -0.391 e. The quantitative estimate of drug-likeness (QED) is 0.653. The van der Waals surface area contributed by atoms with Gasteiger partial charge < -0.3 is 10.8 Å². The molecular formula is C15H16ClFN2O3. The molecule has 0 spiro atoms. The average molecular weight is 327 g/mol. The van der Waals surface area contributed by atoms with Crippen LogP contribution in [0.1, 0.15) is 17.2 Å². The Morgan fingerprint density at radius 1 is 1.23 bits per heavy atom. The Hall–Kier alpha value is -2.02. The predicted octanol–water partition coefficient (Wildman–Crippen LogP) is 2.76. The number of nitrogens with two attached hydrogens (primary N) is 1. The zero-order valence-corrected chi connectivity index (χ0v) is 12.4. The van der Waals surface area contributed by atoms with Crippen LogP contribution >= 0.6 is 12.4 Å². The van der Waals surface area contributed by atoms with Gasteiger partial charge in [-0.2, -0.15) is 0 Å². The lowest BCUT2D eigenvalue weighted by molar-refractivity contribution is -0.385. The first-order valence-corrected chi connectivity index (χ1v) is 6.40. The second kappa shape index (κ2) is 7.84. The molecule has 3 N–H and O–H groups in total. The summed E-state index contributed by atoms with van der Waals surface area (Å²) in [5.41, 5.74) is 6.41. The summed E-state index contributed by atoms with van der Waals surface area (Å²) in [4.78, 5) is 10.3. The maximum Gasteiger partial charge on any atom is 0.274 e. The van der Waals surface area contributed by atoms with E-state index in [2.05, 4.69) is 0 Å². The third kappa shape index (κ3) is 4.24. The molecule has 0 bridgehead atoms. The molecule has 5 nitrogen and oxygen atoms in total. The van der Waals surface area contributed by atoms with Crippen molar-refractivity contribution in [2.75, 3.05) is 0 Å². The van der Waals surface area contributed by atoms with E-state index in [0.717, 1.165) is 23.8 Å². The van der Waals surface area contributed by atoms with Crippen molar-refractivity contribution in [3.63, 3.8) is 0 Å². The van der Waals surface area contributed by atoms with Crippen molar-refractivity contribution in [2.45, 2.75) is 18.6 Å². The Morgan fingerprint density at radius 2 is 1.86 bits per heavy atom. The van der Waals surface area contributed by atoms with E-state index < -0.39 is 22.9 Å². The number of nitrogens with zero attached hydrogens (tertiary/aromatic N) is 1. The van der Waals surface area contributed by atoms with Gasteiger partial charge in [0.1, 0.15) is 5.82 Å². The molecule has 2 aromatic carbocycles. The van der Waals surface area contributed by atoms with Crippen LogP contribution in [0.4, 0.5) is 10.1 Å². The molecule has 2 aromatic rings. The molecule has 22 heavy (non-hydrogen) atoms. The van der Waals surface area contributed by atoms with Crippen LogP contribution in [0.2, 0.25) is 0 Å². The Bertz CT molecular complexity index is 640. The SMILES string of the molecule is Cl.N[C@@H](c1cc(F)ccc1[N+](=O)[O-])[C@H](O)Cc1ccccc1. The highest BCUT2D eigenvalue weighted by atomic mass is 35.5. The van der Waals surface area contributed by atoms with Gasteiger partial charge in [0.15, 0.2) is 0 Å². The highest BCUT2D eigenvalue weighted by molar-refractivity contribution is 5.85. The number of aliphatic hydroxyl groups excluding tert-OH is 1. The van der Waals surface area contributed by atoms with Crippen LogP contribution in [-0.2, 0) is 6.42 Å². The van der Waals surface area contributed by atoms with Crippen LogP contribution in [0.15, 0.2) is 48.5 Å². The normalized spacial score (nSPS) is 13.0. The molecule has 0 aliphatic heterocycles. The van der Waals surface area contributed by atoms with Crippen LogP contribution in [-0.4, -0.2) is 16.1 Å². The van der Waals surface area contributed by atoms with E-state index in [1.54, 1.807) is 0 Å². The monoisotopic (exact) mass is 326 g/mol. The first-order chi connectivity index (χ1) is 9.99. The van der Waals surface area contributed by atoms with E-state index in [4.69, 9.17) is 5.73 Å². The second-order valence-corrected chi connectivity index (χ2v) is 4.74. The number of hydrogen-bond donors (Lipinski definition) is 2. The fourth-order valence-electron chi connectivity index (χ4n) is 2.15. The van der Waals surface area contributed by atoms with E-state index in [1.165, 1.54) is 0 Å². The van der Waals surface area contributed by atoms with Crippen LogP contribution in [0.3, 0.4) is 0 Å². The summed E-state index contributed by atoms with van der Waals surface area (Å²) in [6, 6.07) is 11.1. The van der Waals surface area contributed by atoms with Gasteiger partial charge in [-0.3, -0.25) is 10.1 Å². The standard InChI is InChI=1S/C15H15FN2O3.ClH/c16-11-6-7-13(18(20)21)12(9-11)15(17)14(19)8-10-4-2-1-3-5-10;/h1-7,9,14-15,19H,8,17H2;1H/t14-,15+;/m1./s1. The first-order valence-electron chi connectivity index (χ1n) is 6.40. The lowest BCUT2D eigenvalue weighted by Crippen LogP contribution is -2.28. The summed E-state index contributed by atoms with van der Waals surface area (Å²) in [6.07, 6.45) is -0.816. The van der Waals surface area contributed by atoms with Gasteiger partial charge in [-0.15, -0.1) is 12.4 Å². The van der Waals surface area contributed by atoms with Crippen LogP contribution in [0.25, 0.3) is 0 Å². The van der Waals surface area contributed by atoms with Crippen molar-refractivity contribution in [3.05, 3.63) is 75.6 Å². The number of benzene rings is 2. The van der Waals surface area contributed by atoms with Crippen molar-refractivity contribution in [2.24, 2.45) is 5.73 Å². The van der Waals surface area contributed by atoms with Crippen LogP contribution in [0, 0.1) is 15.9 Å². The molecule has 0 amide bonds. The fourth-order valence-corrected chi connectivity index (χ4v) is 2.15. The average Bonchev–Trinajstić information content (AvgIpc) is 2.47. The smallest absolute Gasteiger partial charge is 0.274 e. The number of halogens is 2. The summed E-state index contributed by atoms with van der Waals surface area (Å²) >= 11 is 0. The lowest BCUT2D eigenvalue weighted by atomic mass is 9.95. The molecule has 118 valence electrons. The summed E-state index contributed by atoms with van der Waals surface area (Å²) in [7, 11) is 0. The Morgan fingerprint density at radius 3 is 2.45 bits per heavy atom. The Kier molecular flexibility index (Phi) is 6.42. The van der Waals surface area contributed by atoms with Crippen molar-refractivity contribution < 1.29 is 14.4 Å². The van der Waals surface area contributed by atoms with Gasteiger partial charge in [0, 0.05) is 12.5 Å². The fraction of sp³-hybridized carbons (Fsp3) is 0.200. The van der Waals surface area contributed by atoms with Crippen LogP contribution in [0.5, 0.6) is 0 Å². The number of aliphatic hydroxyl groups is 1. The minimum atomic E-state index is -1.05. The predicted molar refractivity (Wildman–Crippen MR) is 83.4 cm³/mol. The topological polar surface area (TPSA) is 89.4 Å². The molecule has 0 fully saturated rings. The van der Waals surface area contributed by atoms with Gasteiger partial charge in [-0.25, -0.2) is 4.39 Å². The van der Waals surface area contributed by atoms with Crippen molar-refractivity contribution in [1.82, 2.24) is 0 Å². The Balaban J connectivity index is 0.00000242. The van der Waals surface area contributed by atoms with Crippen molar-refractivity contribution in [1.29, 1.82) is 0 Å². The number of nitro groups is 1. The molecule has 0 aliphatic rings. The van der Waals surface area contributed by atoms with Gasteiger partial charge in [0.25, 0.3) is 5.69 Å². The van der Waals surface area contributed by atoms with Gasteiger partial charge in [-0.05, 0) is 17.7 Å². The Labute approximate surface area is 133 Å². The first kappa shape index (κ1) is 18.0. The molecule has 0 heterocycles. The number of hydrogen-bond acceptors (Lipinski definition) is 4. The summed E-state index contributed by atoms with van der Waals surface area (Å²) < 4.78 is 13.3. The molecule has 0 unspecified atom stereocenters. The molecule has 0 aromatic heterocycles.